The summed E-state index contributed by atoms with van der Waals surface area (Å²) >= 11 is 0. The summed E-state index contributed by atoms with van der Waals surface area (Å²) in [4.78, 5) is 23.4. The van der Waals surface area contributed by atoms with Gasteiger partial charge in [-0.3, -0.25) is 9.59 Å². The molecule has 0 bridgehead atoms. The van der Waals surface area contributed by atoms with Crippen LogP contribution in [0.25, 0.3) is 0 Å². The van der Waals surface area contributed by atoms with Crippen LogP contribution < -0.4 is 0 Å². The number of hydrogen-bond acceptors (Lipinski definition) is 7. The smallest absolute Gasteiger partial charge is 0.305 e. The van der Waals surface area contributed by atoms with Crippen LogP contribution in [-0.2, 0) is 46.5 Å². The van der Waals surface area contributed by atoms with E-state index in [0.29, 0.717) is 6.61 Å². The van der Waals surface area contributed by atoms with E-state index in [-0.39, 0.29) is 6.61 Å². The molecule has 166 valence electrons. The lowest BCUT2D eigenvalue weighted by atomic mass is 9.98. The standard InChI is InChI=1S/C24H28O7/c1-16-21(27-14-19-10-6-4-7-11-19)22(28-15-20-12-8-5-9-13-20)23(30-17(2)25)24(29-16)31-18(3)26/h4-13,16,21-24H,14-15H2,1-3H3/t16?,21-,22-,23?,24-/m0/s1. The van der Waals surface area contributed by atoms with Gasteiger partial charge in [0, 0.05) is 13.8 Å². The molecule has 31 heavy (non-hydrogen) atoms. The van der Waals surface area contributed by atoms with Crippen LogP contribution in [0.1, 0.15) is 31.9 Å². The molecule has 1 fully saturated rings. The topological polar surface area (TPSA) is 80.3 Å². The van der Waals surface area contributed by atoms with Gasteiger partial charge in [0.25, 0.3) is 0 Å². The van der Waals surface area contributed by atoms with E-state index in [1.807, 2.05) is 67.6 Å². The summed E-state index contributed by atoms with van der Waals surface area (Å²) in [5.74, 6) is -1.07. The minimum absolute atomic E-state index is 0.272. The second kappa shape index (κ2) is 11.0. The van der Waals surface area contributed by atoms with Gasteiger partial charge in [-0.2, -0.15) is 0 Å². The molecule has 5 atom stereocenters. The Morgan fingerprint density at radius 2 is 1.23 bits per heavy atom. The largest absolute Gasteiger partial charge is 0.453 e. The van der Waals surface area contributed by atoms with Crippen molar-refractivity contribution in [3.8, 4) is 0 Å². The first-order chi connectivity index (χ1) is 14.9. The molecular formula is C24H28O7. The lowest BCUT2D eigenvalue weighted by Gasteiger charge is -2.44. The van der Waals surface area contributed by atoms with Gasteiger partial charge < -0.3 is 23.7 Å². The van der Waals surface area contributed by atoms with Gasteiger partial charge in [0.15, 0.2) is 6.10 Å². The second-order valence-corrected chi connectivity index (χ2v) is 7.42. The highest BCUT2D eigenvalue weighted by molar-refractivity contribution is 5.67. The monoisotopic (exact) mass is 428 g/mol. The summed E-state index contributed by atoms with van der Waals surface area (Å²) in [5, 5.41) is 0. The summed E-state index contributed by atoms with van der Waals surface area (Å²) in [6, 6.07) is 19.3. The summed E-state index contributed by atoms with van der Waals surface area (Å²) in [7, 11) is 0. The van der Waals surface area contributed by atoms with Gasteiger partial charge >= 0.3 is 11.9 Å². The van der Waals surface area contributed by atoms with Gasteiger partial charge in [0.05, 0.1) is 19.3 Å². The summed E-state index contributed by atoms with van der Waals surface area (Å²) in [6.07, 6.45) is -3.79. The summed E-state index contributed by atoms with van der Waals surface area (Å²) in [5.41, 5.74) is 1.94. The van der Waals surface area contributed by atoms with Crippen molar-refractivity contribution in [2.75, 3.05) is 0 Å². The first-order valence-electron chi connectivity index (χ1n) is 10.2. The molecule has 3 rings (SSSR count). The van der Waals surface area contributed by atoms with Crippen molar-refractivity contribution in [3.63, 3.8) is 0 Å². The quantitative estimate of drug-likeness (QED) is 0.596. The van der Waals surface area contributed by atoms with Crippen LogP contribution in [0.5, 0.6) is 0 Å². The van der Waals surface area contributed by atoms with E-state index >= 15 is 0 Å². The van der Waals surface area contributed by atoms with Gasteiger partial charge in [0.1, 0.15) is 12.2 Å². The molecule has 2 aromatic carbocycles. The summed E-state index contributed by atoms with van der Waals surface area (Å²) in [6.45, 7) is 4.98. The molecule has 0 radical (unpaired) electrons. The number of carbonyl (C=O) groups is 2. The number of carbonyl (C=O) groups excluding carboxylic acids is 2. The van der Waals surface area contributed by atoms with Crippen molar-refractivity contribution in [1.29, 1.82) is 0 Å². The third kappa shape index (κ3) is 6.62. The number of esters is 2. The maximum absolute atomic E-state index is 11.8. The molecule has 0 N–H and O–H groups in total. The number of ether oxygens (including phenoxy) is 5. The lowest BCUT2D eigenvalue weighted by molar-refractivity contribution is -0.304. The van der Waals surface area contributed by atoms with Crippen LogP contribution in [0.2, 0.25) is 0 Å². The SMILES string of the molecule is CC(=O)OC1[C@H](OC(C)=O)OC(C)[C@H](OCc2ccccc2)[C@@H]1OCc1ccccc1. The normalized spacial score (nSPS) is 25.6. The maximum atomic E-state index is 11.8. The van der Waals surface area contributed by atoms with Crippen LogP contribution in [0.4, 0.5) is 0 Å². The van der Waals surface area contributed by atoms with Crippen LogP contribution in [-0.4, -0.2) is 42.6 Å². The fourth-order valence-electron chi connectivity index (χ4n) is 3.50. The van der Waals surface area contributed by atoms with Gasteiger partial charge in [-0.15, -0.1) is 0 Å². The Labute approximate surface area is 182 Å². The minimum atomic E-state index is -1.09. The van der Waals surface area contributed by atoms with E-state index < -0.39 is 42.6 Å². The first-order valence-corrected chi connectivity index (χ1v) is 10.2. The molecule has 0 aromatic heterocycles. The molecule has 0 spiro atoms. The first kappa shape index (κ1) is 22.9. The molecule has 0 aliphatic carbocycles. The highest BCUT2D eigenvalue weighted by Crippen LogP contribution is 2.30. The zero-order valence-corrected chi connectivity index (χ0v) is 17.9. The van der Waals surface area contributed by atoms with Crippen LogP contribution >= 0.6 is 0 Å². The Morgan fingerprint density at radius 3 is 1.71 bits per heavy atom. The molecule has 1 aliphatic heterocycles. The molecule has 1 heterocycles. The minimum Gasteiger partial charge on any atom is -0.453 e. The maximum Gasteiger partial charge on any atom is 0.305 e. The van der Waals surface area contributed by atoms with Gasteiger partial charge in [-0.1, -0.05) is 60.7 Å². The fraction of sp³-hybridized carbons (Fsp3) is 0.417. The Kier molecular flexibility index (Phi) is 8.17. The lowest BCUT2D eigenvalue weighted by Crippen LogP contribution is -2.60. The number of rotatable bonds is 8. The Bertz CT molecular complexity index is 840. The summed E-state index contributed by atoms with van der Waals surface area (Å²) < 4.78 is 29.0. The zero-order chi connectivity index (χ0) is 22.2. The molecular weight excluding hydrogens is 400 g/mol. The van der Waals surface area contributed by atoms with E-state index in [2.05, 4.69) is 0 Å². The molecule has 1 aliphatic rings. The Balaban J connectivity index is 1.83. The van der Waals surface area contributed by atoms with E-state index in [9.17, 15) is 9.59 Å². The Morgan fingerprint density at radius 1 is 0.742 bits per heavy atom. The molecule has 2 aromatic rings. The number of hydrogen-bond donors (Lipinski definition) is 0. The van der Waals surface area contributed by atoms with E-state index in [1.165, 1.54) is 13.8 Å². The van der Waals surface area contributed by atoms with Gasteiger partial charge in [-0.25, -0.2) is 0 Å². The van der Waals surface area contributed by atoms with Crippen LogP contribution in [0.15, 0.2) is 60.7 Å². The highest BCUT2D eigenvalue weighted by atomic mass is 16.7. The molecule has 0 saturated carbocycles. The van der Waals surface area contributed by atoms with E-state index in [4.69, 9.17) is 23.7 Å². The molecule has 2 unspecified atom stereocenters. The van der Waals surface area contributed by atoms with Gasteiger partial charge in [-0.05, 0) is 18.1 Å². The Hall–Kier alpha value is -2.74. The molecule has 7 nitrogen and oxygen atoms in total. The third-order valence-electron chi connectivity index (χ3n) is 4.88. The van der Waals surface area contributed by atoms with E-state index in [0.717, 1.165) is 11.1 Å². The van der Waals surface area contributed by atoms with Crippen LogP contribution in [0, 0.1) is 0 Å². The van der Waals surface area contributed by atoms with E-state index in [1.54, 1.807) is 0 Å². The molecule has 1 saturated heterocycles. The van der Waals surface area contributed by atoms with Crippen molar-refractivity contribution in [1.82, 2.24) is 0 Å². The highest BCUT2D eigenvalue weighted by Gasteiger charge is 2.49. The third-order valence-corrected chi connectivity index (χ3v) is 4.88. The van der Waals surface area contributed by atoms with Crippen molar-refractivity contribution in [3.05, 3.63) is 71.8 Å². The fourth-order valence-corrected chi connectivity index (χ4v) is 3.50. The van der Waals surface area contributed by atoms with Crippen LogP contribution in [0.3, 0.4) is 0 Å². The number of benzene rings is 2. The molecule has 0 amide bonds. The second-order valence-electron chi connectivity index (χ2n) is 7.42. The average Bonchev–Trinajstić information content (AvgIpc) is 2.74. The zero-order valence-electron chi connectivity index (χ0n) is 17.9. The average molecular weight is 428 g/mol. The van der Waals surface area contributed by atoms with Crippen molar-refractivity contribution in [2.24, 2.45) is 0 Å². The predicted octanol–water partition coefficient (Wildman–Crippen LogP) is 3.40. The predicted molar refractivity (Wildman–Crippen MR) is 112 cm³/mol. The van der Waals surface area contributed by atoms with Crippen molar-refractivity contribution < 1.29 is 33.3 Å². The van der Waals surface area contributed by atoms with Crippen molar-refractivity contribution in [2.45, 2.75) is 64.7 Å². The van der Waals surface area contributed by atoms with Gasteiger partial charge in [0.2, 0.25) is 6.29 Å². The molecule has 7 heteroatoms. The van der Waals surface area contributed by atoms with Crippen molar-refractivity contribution >= 4 is 11.9 Å².